The third-order valence-electron chi connectivity index (χ3n) is 3.84. The number of nitrogens with zero attached hydrogens (tertiary/aromatic N) is 1. The van der Waals surface area contributed by atoms with Crippen molar-refractivity contribution in [2.24, 2.45) is 5.92 Å². The molecule has 1 amide bonds. The van der Waals surface area contributed by atoms with Crippen molar-refractivity contribution in [1.29, 1.82) is 0 Å². The van der Waals surface area contributed by atoms with Crippen LogP contribution >= 0.6 is 0 Å². The SMILES string of the molecule is CC1CCCN(S(=O)(=O)c2ccc3c(c2)NC(=O)CO3)C1. The predicted octanol–water partition coefficient (Wildman–Crippen LogP) is 1.44. The van der Waals surface area contributed by atoms with Gasteiger partial charge in [-0.3, -0.25) is 4.79 Å². The third-order valence-corrected chi connectivity index (χ3v) is 5.70. The summed E-state index contributed by atoms with van der Waals surface area (Å²) < 4.78 is 32.1. The zero-order chi connectivity index (χ0) is 15.0. The molecule has 2 heterocycles. The lowest BCUT2D eigenvalue weighted by Gasteiger charge is -2.30. The lowest BCUT2D eigenvalue weighted by atomic mass is 10.0. The first-order valence-corrected chi connectivity index (χ1v) is 8.47. The molecular weight excluding hydrogens is 292 g/mol. The second-order valence-corrected chi connectivity index (χ2v) is 7.54. The molecule has 0 radical (unpaired) electrons. The molecule has 3 rings (SSSR count). The summed E-state index contributed by atoms with van der Waals surface area (Å²) in [5.41, 5.74) is 0.414. The minimum Gasteiger partial charge on any atom is -0.482 e. The van der Waals surface area contributed by atoms with E-state index in [0.29, 0.717) is 30.4 Å². The molecule has 1 saturated heterocycles. The van der Waals surface area contributed by atoms with E-state index in [-0.39, 0.29) is 17.4 Å². The molecule has 0 spiro atoms. The number of carbonyl (C=O) groups excluding carboxylic acids is 1. The van der Waals surface area contributed by atoms with Crippen LogP contribution in [0.25, 0.3) is 0 Å². The number of amides is 1. The smallest absolute Gasteiger partial charge is 0.262 e. The van der Waals surface area contributed by atoms with Gasteiger partial charge in [0.2, 0.25) is 10.0 Å². The topological polar surface area (TPSA) is 75.7 Å². The molecule has 1 atom stereocenters. The van der Waals surface area contributed by atoms with Crippen LogP contribution < -0.4 is 10.1 Å². The van der Waals surface area contributed by atoms with Gasteiger partial charge in [-0.2, -0.15) is 4.31 Å². The van der Waals surface area contributed by atoms with Gasteiger partial charge in [0.25, 0.3) is 5.91 Å². The number of benzene rings is 1. The molecule has 114 valence electrons. The highest BCUT2D eigenvalue weighted by Crippen LogP contribution is 2.32. The van der Waals surface area contributed by atoms with Crippen LogP contribution in [0.5, 0.6) is 5.75 Å². The predicted molar refractivity (Wildman–Crippen MR) is 77.7 cm³/mol. The van der Waals surface area contributed by atoms with E-state index in [0.717, 1.165) is 12.8 Å². The van der Waals surface area contributed by atoms with Gasteiger partial charge in [0.1, 0.15) is 5.75 Å². The molecule has 1 aromatic carbocycles. The van der Waals surface area contributed by atoms with Gasteiger partial charge in [-0.1, -0.05) is 6.92 Å². The van der Waals surface area contributed by atoms with Crippen molar-refractivity contribution < 1.29 is 17.9 Å². The number of ether oxygens (including phenoxy) is 1. The maximum absolute atomic E-state index is 12.7. The summed E-state index contributed by atoms with van der Waals surface area (Å²) in [6.07, 6.45) is 1.94. The van der Waals surface area contributed by atoms with Gasteiger partial charge >= 0.3 is 0 Å². The first-order chi connectivity index (χ1) is 9.96. The van der Waals surface area contributed by atoms with Crippen LogP contribution in [0.15, 0.2) is 23.1 Å². The van der Waals surface area contributed by atoms with Crippen molar-refractivity contribution in [1.82, 2.24) is 4.31 Å². The Morgan fingerprint density at radius 1 is 1.38 bits per heavy atom. The number of anilines is 1. The molecule has 7 heteroatoms. The molecule has 21 heavy (non-hydrogen) atoms. The zero-order valence-electron chi connectivity index (χ0n) is 11.8. The Labute approximate surface area is 124 Å². The summed E-state index contributed by atoms with van der Waals surface area (Å²) in [5.74, 6) is 0.596. The maximum Gasteiger partial charge on any atom is 0.262 e. The highest BCUT2D eigenvalue weighted by atomic mass is 32.2. The molecule has 0 aromatic heterocycles. The molecule has 1 unspecified atom stereocenters. The van der Waals surface area contributed by atoms with E-state index in [1.54, 1.807) is 6.07 Å². The molecule has 2 aliphatic rings. The zero-order valence-corrected chi connectivity index (χ0v) is 12.6. The third kappa shape index (κ3) is 2.75. The Morgan fingerprint density at radius 2 is 2.19 bits per heavy atom. The molecular formula is C14H18N2O4S. The van der Waals surface area contributed by atoms with Crippen LogP contribution in [0.1, 0.15) is 19.8 Å². The molecule has 2 aliphatic heterocycles. The molecule has 1 fully saturated rings. The Bertz CT molecular complexity index is 672. The first-order valence-electron chi connectivity index (χ1n) is 7.03. The van der Waals surface area contributed by atoms with Crippen molar-refractivity contribution in [3.63, 3.8) is 0 Å². The minimum atomic E-state index is -3.52. The normalized spacial score (nSPS) is 23.1. The second kappa shape index (κ2) is 5.31. The molecule has 1 aromatic rings. The maximum atomic E-state index is 12.7. The number of piperidine rings is 1. The van der Waals surface area contributed by atoms with E-state index in [1.165, 1.54) is 16.4 Å². The summed E-state index contributed by atoms with van der Waals surface area (Å²) in [6.45, 7) is 3.11. The van der Waals surface area contributed by atoms with E-state index >= 15 is 0 Å². The fourth-order valence-corrected chi connectivity index (χ4v) is 4.36. The van der Waals surface area contributed by atoms with E-state index < -0.39 is 10.0 Å². The van der Waals surface area contributed by atoms with Crippen LogP contribution in [-0.4, -0.2) is 38.3 Å². The average Bonchev–Trinajstić information content (AvgIpc) is 2.46. The van der Waals surface area contributed by atoms with Crippen LogP contribution in [-0.2, 0) is 14.8 Å². The van der Waals surface area contributed by atoms with Gasteiger partial charge in [-0.15, -0.1) is 0 Å². The number of rotatable bonds is 2. The van der Waals surface area contributed by atoms with Gasteiger partial charge in [0.05, 0.1) is 10.6 Å². The molecule has 1 N–H and O–H groups in total. The first kappa shape index (κ1) is 14.3. The summed E-state index contributed by atoms with van der Waals surface area (Å²) in [4.78, 5) is 11.5. The van der Waals surface area contributed by atoms with E-state index in [9.17, 15) is 13.2 Å². The average molecular weight is 310 g/mol. The van der Waals surface area contributed by atoms with Crippen molar-refractivity contribution in [2.75, 3.05) is 25.0 Å². The highest BCUT2D eigenvalue weighted by molar-refractivity contribution is 7.89. The van der Waals surface area contributed by atoms with Crippen LogP contribution in [0.2, 0.25) is 0 Å². The number of carbonyl (C=O) groups is 1. The van der Waals surface area contributed by atoms with Crippen molar-refractivity contribution >= 4 is 21.6 Å². The summed E-state index contributed by atoms with van der Waals surface area (Å²) in [5, 5.41) is 2.64. The van der Waals surface area contributed by atoms with Crippen LogP contribution in [0.3, 0.4) is 0 Å². The highest BCUT2D eigenvalue weighted by Gasteiger charge is 2.29. The number of fused-ring (bicyclic) bond motifs is 1. The quantitative estimate of drug-likeness (QED) is 0.897. The van der Waals surface area contributed by atoms with Crippen molar-refractivity contribution in [2.45, 2.75) is 24.7 Å². The van der Waals surface area contributed by atoms with Gasteiger partial charge in [-0.05, 0) is 37.0 Å². The lowest BCUT2D eigenvalue weighted by Crippen LogP contribution is -2.39. The van der Waals surface area contributed by atoms with Gasteiger partial charge in [0.15, 0.2) is 6.61 Å². The largest absolute Gasteiger partial charge is 0.482 e. The molecule has 0 bridgehead atoms. The number of nitrogens with one attached hydrogen (secondary N) is 1. The Kier molecular flexibility index (Phi) is 3.62. The van der Waals surface area contributed by atoms with E-state index in [4.69, 9.17) is 4.74 Å². The Morgan fingerprint density at radius 3 is 2.95 bits per heavy atom. The lowest BCUT2D eigenvalue weighted by molar-refractivity contribution is -0.118. The van der Waals surface area contributed by atoms with Crippen molar-refractivity contribution in [3.05, 3.63) is 18.2 Å². The minimum absolute atomic E-state index is 0.0390. The monoisotopic (exact) mass is 310 g/mol. The Hall–Kier alpha value is -1.60. The van der Waals surface area contributed by atoms with E-state index in [2.05, 4.69) is 12.2 Å². The molecule has 6 nitrogen and oxygen atoms in total. The summed E-state index contributed by atoms with van der Waals surface area (Å²) in [6, 6.07) is 4.60. The van der Waals surface area contributed by atoms with Crippen LogP contribution in [0.4, 0.5) is 5.69 Å². The van der Waals surface area contributed by atoms with Gasteiger partial charge in [-0.25, -0.2) is 8.42 Å². The fourth-order valence-electron chi connectivity index (χ4n) is 2.74. The van der Waals surface area contributed by atoms with Crippen LogP contribution in [0, 0.1) is 5.92 Å². The Balaban J connectivity index is 1.92. The molecule has 0 aliphatic carbocycles. The number of sulfonamides is 1. The standard InChI is InChI=1S/C14H18N2O4S/c1-10-3-2-6-16(8-10)21(18,19)11-4-5-13-12(7-11)15-14(17)9-20-13/h4-5,7,10H,2-3,6,8-9H2,1H3,(H,15,17). The fraction of sp³-hybridized carbons (Fsp3) is 0.500. The molecule has 0 saturated carbocycles. The van der Waals surface area contributed by atoms with Crippen molar-refractivity contribution in [3.8, 4) is 5.75 Å². The summed E-state index contributed by atoms with van der Waals surface area (Å²) >= 11 is 0. The summed E-state index contributed by atoms with van der Waals surface area (Å²) in [7, 11) is -3.52. The second-order valence-electron chi connectivity index (χ2n) is 5.61. The van der Waals surface area contributed by atoms with Gasteiger partial charge in [0, 0.05) is 13.1 Å². The number of hydrogen-bond donors (Lipinski definition) is 1. The number of hydrogen-bond acceptors (Lipinski definition) is 4. The van der Waals surface area contributed by atoms with Gasteiger partial charge < -0.3 is 10.1 Å². The van der Waals surface area contributed by atoms with E-state index in [1.807, 2.05) is 0 Å².